The highest BCUT2D eigenvalue weighted by atomic mass is 35.5. The molecule has 0 fully saturated rings. The van der Waals surface area contributed by atoms with Gasteiger partial charge in [-0.2, -0.15) is 0 Å². The van der Waals surface area contributed by atoms with Gasteiger partial charge in [-0.1, -0.05) is 11.6 Å². The summed E-state index contributed by atoms with van der Waals surface area (Å²) in [7, 11) is 0. The number of aromatic hydroxyl groups is 1. The molecule has 0 aromatic heterocycles. The van der Waals surface area contributed by atoms with Gasteiger partial charge in [0.25, 0.3) is 0 Å². The molecule has 0 saturated carbocycles. The Morgan fingerprint density at radius 3 is 2.58 bits per heavy atom. The Balaban J connectivity index is 3.33. The van der Waals surface area contributed by atoms with Crippen molar-refractivity contribution in [3.05, 3.63) is 28.3 Å². The second kappa shape index (κ2) is 3.15. The van der Waals surface area contributed by atoms with Crippen molar-refractivity contribution >= 4 is 17.4 Å². The third-order valence-corrected chi connectivity index (χ3v) is 2.06. The lowest BCUT2D eigenvalue weighted by molar-refractivity contribution is 0.101. The summed E-state index contributed by atoms with van der Waals surface area (Å²) in [6, 6.07) is 2.97. The second-order valence-electron chi connectivity index (χ2n) is 2.67. The smallest absolute Gasteiger partial charge is 0.163 e. The number of carbonyl (C=O) groups is 1. The van der Waals surface area contributed by atoms with Gasteiger partial charge in [0.1, 0.15) is 5.75 Å². The molecule has 1 aromatic rings. The molecule has 0 bridgehead atoms. The molecule has 0 atom stereocenters. The molecule has 1 rings (SSSR count). The van der Waals surface area contributed by atoms with Crippen LogP contribution in [0.25, 0.3) is 0 Å². The topological polar surface area (TPSA) is 37.3 Å². The van der Waals surface area contributed by atoms with Crippen molar-refractivity contribution in [1.29, 1.82) is 0 Å². The van der Waals surface area contributed by atoms with Gasteiger partial charge in [-0.3, -0.25) is 4.79 Å². The Morgan fingerprint density at radius 2 is 2.08 bits per heavy atom. The summed E-state index contributed by atoms with van der Waals surface area (Å²) < 4.78 is 0. The number of benzene rings is 1. The van der Waals surface area contributed by atoms with Crippen LogP contribution in [0.2, 0.25) is 5.02 Å². The Labute approximate surface area is 75.8 Å². The number of rotatable bonds is 1. The van der Waals surface area contributed by atoms with Crippen molar-refractivity contribution < 1.29 is 9.90 Å². The van der Waals surface area contributed by atoms with Crippen molar-refractivity contribution in [2.24, 2.45) is 0 Å². The van der Waals surface area contributed by atoms with Gasteiger partial charge < -0.3 is 5.11 Å². The molecule has 0 amide bonds. The highest BCUT2D eigenvalue weighted by Gasteiger charge is 2.08. The molecule has 2 nitrogen and oxygen atoms in total. The standard InChI is InChI=1S/C9H9ClO2/c1-5-3-7(6(2)11)9(12)4-8(5)10/h3-4,12H,1-2H3. The lowest BCUT2D eigenvalue weighted by atomic mass is 10.1. The summed E-state index contributed by atoms with van der Waals surface area (Å²) in [6.07, 6.45) is 0. The van der Waals surface area contributed by atoms with Crippen LogP contribution in [0.1, 0.15) is 22.8 Å². The van der Waals surface area contributed by atoms with Crippen molar-refractivity contribution in [1.82, 2.24) is 0 Å². The van der Waals surface area contributed by atoms with E-state index >= 15 is 0 Å². The number of hydrogen-bond donors (Lipinski definition) is 1. The first-order valence-electron chi connectivity index (χ1n) is 3.52. The summed E-state index contributed by atoms with van der Waals surface area (Å²) >= 11 is 5.72. The van der Waals surface area contributed by atoms with E-state index in [-0.39, 0.29) is 11.5 Å². The zero-order chi connectivity index (χ0) is 9.30. The number of phenolic OH excluding ortho intramolecular Hbond substituents is 1. The van der Waals surface area contributed by atoms with Gasteiger partial charge >= 0.3 is 0 Å². The molecule has 0 unspecified atom stereocenters. The molecule has 1 aromatic carbocycles. The Kier molecular flexibility index (Phi) is 2.38. The van der Waals surface area contributed by atoms with Crippen LogP contribution in [0.15, 0.2) is 12.1 Å². The van der Waals surface area contributed by atoms with E-state index in [2.05, 4.69) is 0 Å². The van der Waals surface area contributed by atoms with Crippen LogP contribution in [0.5, 0.6) is 5.75 Å². The normalized spacial score (nSPS) is 9.92. The fourth-order valence-corrected chi connectivity index (χ4v) is 1.11. The van der Waals surface area contributed by atoms with Crippen LogP contribution in [0.4, 0.5) is 0 Å². The fourth-order valence-electron chi connectivity index (χ4n) is 0.953. The average Bonchev–Trinajstić information content (AvgIpc) is 1.96. The molecule has 0 heterocycles. The summed E-state index contributed by atoms with van der Waals surface area (Å²) in [4.78, 5) is 10.9. The van der Waals surface area contributed by atoms with Gasteiger partial charge in [0, 0.05) is 5.02 Å². The molecule has 64 valence electrons. The lowest BCUT2D eigenvalue weighted by Crippen LogP contribution is -1.93. The molecule has 3 heteroatoms. The highest BCUT2D eigenvalue weighted by molar-refractivity contribution is 6.31. The van der Waals surface area contributed by atoms with E-state index in [0.717, 1.165) is 5.56 Å². The first kappa shape index (κ1) is 9.07. The van der Waals surface area contributed by atoms with Crippen molar-refractivity contribution in [2.75, 3.05) is 0 Å². The van der Waals surface area contributed by atoms with Crippen LogP contribution >= 0.6 is 11.6 Å². The van der Waals surface area contributed by atoms with E-state index in [1.54, 1.807) is 13.0 Å². The molecular weight excluding hydrogens is 176 g/mol. The van der Waals surface area contributed by atoms with Gasteiger partial charge in [0.15, 0.2) is 5.78 Å². The molecule has 0 aliphatic heterocycles. The number of ketones is 1. The van der Waals surface area contributed by atoms with Gasteiger partial charge in [0.2, 0.25) is 0 Å². The summed E-state index contributed by atoms with van der Waals surface area (Å²) in [5.74, 6) is -0.217. The number of phenols is 1. The maximum absolute atomic E-state index is 10.9. The number of hydrogen-bond acceptors (Lipinski definition) is 2. The second-order valence-corrected chi connectivity index (χ2v) is 3.08. The van der Waals surface area contributed by atoms with Crippen molar-refractivity contribution in [2.45, 2.75) is 13.8 Å². The fraction of sp³-hybridized carbons (Fsp3) is 0.222. The zero-order valence-electron chi connectivity index (χ0n) is 6.89. The van der Waals surface area contributed by atoms with E-state index < -0.39 is 0 Å². The average molecular weight is 185 g/mol. The first-order chi connectivity index (χ1) is 5.52. The molecule has 1 N–H and O–H groups in total. The first-order valence-corrected chi connectivity index (χ1v) is 3.90. The largest absolute Gasteiger partial charge is 0.507 e. The Morgan fingerprint density at radius 1 is 1.50 bits per heavy atom. The molecule has 12 heavy (non-hydrogen) atoms. The molecule has 0 aliphatic carbocycles. The molecule has 0 spiro atoms. The predicted molar refractivity (Wildman–Crippen MR) is 47.9 cm³/mol. The molecule has 0 radical (unpaired) electrons. The van der Waals surface area contributed by atoms with Crippen molar-refractivity contribution in [3.63, 3.8) is 0 Å². The third kappa shape index (κ3) is 1.59. The van der Waals surface area contributed by atoms with Gasteiger partial charge in [-0.15, -0.1) is 0 Å². The maximum Gasteiger partial charge on any atom is 0.163 e. The van der Waals surface area contributed by atoms with Gasteiger partial charge in [0.05, 0.1) is 5.56 Å². The number of aryl methyl sites for hydroxylation is 1. The lowest BCUT2D eigenvalue weighted by Gasteiger charge is -2.03. The molecular formula is C9H9ClO2. The van der Waals surface area contributed by atoms with Gasteiger partial charge in [-0.25, -0.2) is 0 Å². The summed E-state index contributed by atoms with van der Waals surface area (Å²) in [6.45, 7) is 3.19. The maximum atomic E-state index is 10.9. The summed E-state index contributed by atoms with van der Waals surface area (Å²) in [5, 5.41) is 9.75. The Hall–Kier alpha value is -1.02. The number of Topliss-reactive ketones (excluding diaryl/α,β-unsaturated/α-hetero) is 1. The quantitative estimate of drug-likeness (QED) is 0.682. The predicted octanol–water partition coefficient (Wildman–Crippen LogP) is 2.56. The third-order valence-electron chi connectivity index (χ3n) is 1.66. The summed E-state index contributed by atoms with van der Waals surface area (Å²) in [5.41, 5.74) is 1.11. The number of halogens is 1. The van der Waals surface area contributed by atoms with Crippen LogP contribution in [0.3, 0.4) is 0 Å². The van der Waals surface area contributed by atoms with E-state index in [1.165, 1.54) is 13.0 Å². The van der Waals surface area contributed by atoms with E-state index in [0.29, 0.717) is 10.6 Å². The van der Waals surface area contributed by atoms with Crippen LogP contribution in [-0.2, 0) is 0 Å². The van der Waals surface area contributed by atoms with E-state index in [4.69, 9.17) is 11.6 Å². The monoisotopic (exact) mass is 184 g/mol. The van der Waals surface area contributed by atoms with Crippen LogP contribution in [-0.4, -0.2) is 10.9 Å². The molecule has 0 aliphatic rings. The van der Waals surface area contributed by atoms with E-state index in [9.17, 15) is 9.90 Å². The van der Waals surface area contributed by atoms with Crippen LogP contribution < -0.4 is 0 Å². The SMILES string of the molecule is CC(=O)c1cc(C)c(Cl)cc1O. The van der Waals surface area contributed by atoms with Crippen LogP contribution in [0, 0.1) is 6.92 Å². The number of carbonyl (C=O) groups excluding carboxylic acids is 1. The van der Waals surface area contributed by atoms with E-state index in [1.807, 2.05) is 0 Å². The van der Waals surface area contributed by atoms with Crippen molar-refractivity contribution in [3.8, 4) is 5.75 Å². The van der Waals surface area contributed by atoms with Gasteiger partial charge in [-0.05, 0) is 31.5 Å². The minimum atomic E-state index is -0.160. The Bertz CT molecular complexity index is 332. The minimum absolute atomic E-state index is 0.0573. The molecule has 0 saturated heterocycles. The zero-order valence-corrected chi connectivity index (χ0v) is 7.64. The minimum Gasteiger partial charge on any atom is -0.507 e. The highest BCUT2D eigenvalue weighted by Crippen LogP contribution is 2.25.